The molecule has 0 unspecified atom stereocenters. The van der Waals surface area contributed by atoms with Crippen LogP contribution in [0.25, 0.3) is 0 Å². The number of nitrogens with zero attached hydrogens (tertiary/aromatic N) is 2. The Bertz CT molecular complexity index is 513. The van der Waals surface area contributed by atoms with E-state index in [0.29, 0.717) is 6.42 Å². The fourth-order valence-electron chi connectivity index (χ4n) is 5.47. The monoisotopic (exact) mass is 567 g/mol. The van der Waals surface area contributed by atoms with Crippen LogP contribution in [0, 0.1) is 0 Å². The van der Waals surface area contributed by atoms with Gasteiger partial charge in [-0.15, -0.1) is 0 Å². The van der Waals surface area contributed by atoms with Crippen LogP contribution in [0.1, 0.15) is 183 Å². The van der Waals surface area contributed by atoms with Gasteiger partial charge in [-0.25, -0.2) is 0 Å². The molecule has 0 spiro atoms. The summed E-state index contributed by atoms with van der Waals surface area (Å²) in [5.74, 6) is -0.0555. The van der Waals surface area contributed by atoms with Crippen molar-refractivity contribution >= 4 is 5.97 Å². The van der Waals surface area contributed by atoms with E-state index in [0.717, 1.165) is 26.2 Å². The molecular weight excluding hydrogens is 492 g/mol. The third-order valence-electron chi connectivity index (χ3n) is 8.02. The Hall–Kier alpha value is -0.610. The molecule has 240 valence electrons. The lowest BCUT2D eigenvalue weighted by Gasteiger charge is -2.28. The highest BCUT2D eigenvalue weighted by Crippen LogP contribution is 2.13. The van der Waals surface area contributed by atoms with Gasteiger partial charge in [0.05, 0.1) is 6.42 Å². The molecule has 0 N–H and O–H groups in total. The van der Waals surface area contributed by atoms with Crippen LogP contribution in [-0.4, -0.2) is 60.6 Å². The molecule has 0 radical (unpaired) electrons. The van der Waals surface area contributed by atoms with Crippen LogP contribution >= 0.6 is 0 Å². The summed E-state index contributed by atoms with van der Waals surface area (Å²) in [6.07, 6.45) is 29.1. The van der Waals surface area contributed by atoms with E-state index in [1.54, 1.807) is 0 Å². The SMILES string of the molecule is CCCCCCCCCN(CCCCCCCCC)CCN(CCCCCCCCC)CCC(=O)OC(C)(C)C. The number of hydrogen-bond donors (Lipinski definition) is 0. The van der Waals surface area contributed by atoms with Gasteiger partial charge in [0.25, 0.3) is 0 Å². The molecule has 0 rings (SSSR count). The van der Waals surface area contributed by atoms with E-state index >= 15 is 0 Å². The van der Waals surface area contributed by atoms with Gasteiger partial charge in [-0.1, -0.05) is 136 Å². The highest BCUT2D eigenvalue weighted by molar-refractivity contribution is 5.70. The highest BCUT2D eigenvalue weighted by atomic mass is 16.6. The van der Waals surface area contributed by atoms with E-state index in [9.17, 15) is 4.79 Å². The summed E-state index contributed by atoms with van der Waals surface area (Å²) in [5.41, 5.74) is -0.399. The molecule has 0 aromatic carbocycles. The molecule has 0 bridgehead atoms. The first-order valence-corrected chi connectivity index (χ1v) is 18.0. The van der Waals surface area contributed by atoms with Crippen LogP contribution in [0.5, 0.6) is 0 Å². The smallest absolute Gasteiger partial charge is 0.307 e. The Morgan fingerprint density at radius 1 is 0.450 bits per heavy atom. The molecular formula is C36H74N2O2. The van der Waals surface area contributed by atoms with Gasteiger partial charge in [-0.05, 0) is 59.7 Å². The summed E-state index contributed by atoms with van der Waals surface area (Å²) in [5, 5.41) is 0. The average Bonchev–Trinajstić information content (AvgIpc) is 2.90. The van der Waals surface area contributed by atoms with Crippen LogP contribution in [0.4, 0.5) is 0 Å². The van der Waals surface area contributed by atoms with E-state index in [1.165, 1.54) is 148 Å². The van der Waals surface area contributed by atoms with Crippen LogP contribution in [0.2, 0.25) is 0 Å². The first-order valence-electron chi connectivity index (χ1n) is 18.0. The van der Waals surface area contributed by atoms with Crippen LogP contribution in [0.15, 0.2) is 0 Å². The van der Waals surface area contributed by atoms with E-state index in [4.69, 9.17) is 4.74 Å². The summed E-state index contributed by atoms with van der Waals surface area (Å²) in [7, 11) is 0. The maximum absolute atomic E-state index is 12.5. The van der Waals surface area contributed by atoms with Crippen molar-refractivity contribution in [3.05, 3.63) is 0 Å². The first-order chi connectivity index (χ1) is 19.3. The van der Waals surface area contributed by atoms with Crippen molar-refractivity contribution in [3.8, 4) is 0 Å². The molecule has 0 aromatic heterocycles. The second-order valence-electron chi connectivity index (χ2n) is 13.4. The summed E-state index contributed by atoms with van der Waals surface area (Å²) in [4.78, 5) is 17.7. The van der Waals surface area contributed by atoms with Gasteiger partial charge in [0, 0.05) is 19.6 Å². The van der Waals surface area contributed by atoms with Crippen LogP contribution in [-0.2, 0) is 9.53 Å². The fraction of sp³-hybridized carbons (Fsp3) is 0.972. The minimum atomic E-state index is -0.399. The number of hydrogen-bond acceptors (Lipinski definition) is 4. The lowest BCUT2D eigenvalue weighted by molar-refractivity contribution is -0.155. The summed E-state index contributed by atoms with van der Waals surface area (Å²) in [6.45, 7) is 19.4. The van der Waals surface area contributed by atoms with Crippen molar-refractivity contribution in [1.29, 1.82) is 0 Å². The molecule has 0 atom stereocenters. The minimum Gasteiger partial charge on any atom is -0.460 e. The number of carbonyl (C=O) groups is 1. The number of unbranched alkanes of at least 4 members (excludes halogenated alkanes) is 18. The number of ether oxygens (including phenoxy) is 1. The quantitative estimate of drug-likeness (QED) is 0.0639. The molecule has 0 saturated carbocycles. The maximum Gasteiger partial charge on any atom is 0.307 e. The third kappa shape index (κ3) is 28.9. The molecule has 0 amide bonds. The largest absolute Gasteiger partial charge is 0.460 e. The number of rotatable bonds is 30. The molecule has 0 aliphatic rings. The molecule has 40 heavy (non-hydrogen) atoms. The number of esters is 1. The first kappa shape index (κ1) is 39.4. The summed E-state index contributed by atoms with van der Waals surface area (Å²) in [6, 6.07) is 0. The Morgan fingerprint density at radius 2 is 0.750 bits per heavy atom. The Morgan fingerprint density at radius 3 is 1.07 bits per heavy atom. The second kappa shape index (κ2) is 28.5. The van der Waals surface area contributed by atoms with Crippen LogP contribution < -0.4 is 0 Å². The van der Waals surface area contributed by atoms with E-state index < -0.39 is 5.60 Å². The van der Waals surface area contributed by atoms with Gasteiger partial charge in [0.2, 0.25) is 0 Å². The normalized spacial score (nSPS) is 12.1. The zero-order valence-corrected chi connectivity index (χ0v) is 28.5. The van der Waals surface area contributed by atoms with Gasteiger partial charge in [0.15, 0.2) is 0 Å². The Kier molecular flexibility index (Phi) is 28.1. The fourth-order valence-corrected chi connectivity index (χ4v) is 5.47. The van der Waals surface area contributed by atoms with Crippen LogP contribution in [0.3, 0.4) is 0 Å². The molecule has 4 nitrogen and oxygen atoms in total. The molecule has 4 heteroatoms. The van der Waals surface area contributed by atoms with Crippen molar-refractivity contribution in [2.45, 2.75) is 188 Å². The van der Waals surface area contributed by atoms with Crippen molar-refractivity contribution in [1.82, 2.24) is 9.80 Å². The van der Waals surface area contributed by atoms with Gasteiger partial charge >= 0.3 is 5.97 Å². The van der Waals surface area contributed by atoms with E-state index in [2.05, 4.69) is 30.6 Å². The lowest BCUT2D eigenvalue weighted by Crippen LogP contribution is -2.38. The van der Waals surface area contributed by atoms with Gasteiger partial charge in [-0.3, -0.25) is 4.79 Å². The van der Waals surface area contributed by atoms with E-state index in [-0.39, 0.29) is 5.97 Å². The average molecular weight is 567 g/mol. The van der Waals surface area contributed by atoms with Crippen molar-refractivity contribution in [3.63, 3.8) is 0 Å². The molecule has 0 aromatic rings. The second-order valence-corrected chi connectivity index (χ2v) is 13.4. The standard InChI is InChI=1S/C36H74N2O2/c1-7-10-13-16-19-22-25-29-37(30-26-23-20-17-14-11-8-2)33-34-38(31-27-24-21-18-15-12-9-3)32-28-35(39)40-36(4,5)6/h7-34H2,1-6H3. The maximum atomic E-state index is 12.5. The number of carbonyl (C=O) groups excluding carboxylic acids is 1. The summed E-state index contributed by atoms with van der Waals surface area (Å²) >= 11 is 0. The van der Waals surface area contributed by atoms with Gasteiger partial charge in [-0.2, -0.15) is 0 Å². The minimum absolute atomic E-state index is 0.0555. The topological polar surface area (TPSA) is 32.8 Å². The van der Waals surface area contributed by atoms with Crippen molar-refractivity contribution in [2.75, 3.05) is 39.3 Å². The van der Waals surface area contributed by atoms with Crippen molar-refractivity contribution in [2.24, 2.45) is 0 Å². The molecule has 0 fully saturated rings. The zero-order valence-electron chi connectivity index (χ0n) is 28.5. The molecule has 0 saturated heterocycles. The third-order valence-corrected chi connectivity index (χ3v) is 8.02. The molecule has 0 aliphatic carbocycles. The predicted octanol–water partition coefficient (Wildman–Crippen LogP) is 10.6. The Labute approximate surface area is 252 Å². The van der Waals surface area contributed by atoms with Gasteiger partial charge in [0.1, 0.15) is 5.60 Å². The summed E-state index contributed by atoms with van der Waals surface area (Å²) < 4.78 is 5.62. The molecule has 0 heterocycles. The zero-order chi connectivity index (χ0) is 29.7. The predicted molar refractivity (Wildman–Crippen MR) is 177 cm³/mol. The lowest BCUT2D eigenvalue weighted by atomic mass is 10.1. The Balaban J connectivity index is 4.75. The van der Waals surface area contributed by atoms with E-state index in [1.807, 2.05) is 20.8 Å². The van der Waals surface area contributed by atoms with Crippen molar-refractivity contribution < 1.29 is 9.53 Å². The van der Waals surface area contributed by atoms with Gasteiger partial charge < -0.3 is 14.5 Å². The highest BCUT2D eigenvalue weighted by Gasteiger charge is 2.17. The molecule has 0 aliphatic heterocycles.